The van der Waals surface area contributed by atoms with Gasteiger partial charge in [0.25, 0.3) is 0 Å². The Morgan fingerprint density at radius 2 is 1.00 bits per heavy atom. The van der Waals surface area contributed by atoms with Crippen molar-refractivity contribution in [1.29, 1.82) is 0 Å². The molecular formula is C51H40Cl2F6N2O6. The van der Waals surface area contributed by atoms with Crippen molar-refractivity contribution in [3.8, 4) is 11.5 Å². The van der Waals surface area contributed by atoms with E-state index in [0.717, 1.165) is 49.6 Å². The molecule has 67 heavy (non-hydrogen) atoms. The number of carbonyl (C=O) groups excluding carboxylic acids is 1. The Balaban J connectivity index is 0.000000199. The largest absolute Gasteiger partial charge is 0.484 e. The summed E-state index contributed by atoms with van der Waals surface area (Å²) in [5.74, 6) is -1.12. The van der Waals surface area contributed by atoms with Crippen molar-refractivity contribution < 1.29 is 55.2 Å². The molecular weight excluding hydrogens is 921 g/mol. The minimum Gasteiger partial charge on any atom is -0.484 e. The van der Waals surface area contributed by atoms with Crippen LogP contribution in [0.25, 0.3) is 21.8 Å². The summed E-state index contributed by atoms with van der Waals surface area (Å²) in [7, 11) is 1.33. The SMILES string of the molecule is COC(=O)c1cc(Cl)ccc1Cc1ccc2c(ccn2Cc2cccc(OCC(F)(F)F)c2)c1.O=C(O)c1cc(Cl)ccc1Cc1ccc2c(ccn2Cc2cccc(OCC(F)(F)F)c2)c1. The number of fused-ring (bicyclic) bond motifs is 2. The molecule has 0 aliphatic rings. The number of hydrogen-bond donors (Lipinski definition) is 1. The fourth-order valence-corrected chi connectivity index (χ4v) is 7.87. The summed E-state index contributed by atoms with van der Waals surface area (Å²) in [4.78, 5) is 23.7. The molecule has 1 N–H and O–H groups in total. The molecule has 0 aliphatic carbocycles. The number of rotatable bonds is 14. The summed E-state index contributed by atoms with van der Waals surface area (Å²) in [6.07, 6.45) is -3.96. The van der Waals surface area contributed by atoms with Crippen molar-refractivity contribution in [2.75, 3.05) is 20.3 Å². The van der Waals surface area contributed by atoms with Crippen LogP contribution >= 0.6 is 23.2 Å². The molecule has 346 valence electrons. The van der Waals surface area contributed by atoms with Crippen molar-refractivity contribution in [2.24, 2.45) is 0 Å². The quantitative estimate of drug-likeness (QED) is 0.0862. The van der Waals surface area contributed by atoms with Gasteiger partial charge in [0.1, 0.15) is 11.5 Å². The lowest BCUT2D eigenvalue weighted by Crippen LogP contribution is -2.19. The van der Waals surface area contributed by atoms with Crippen LogP contribution in [0.2, 0.25) is 10.0 Å². The number of benzene rings is 6. The van der Waals surface area contributed by atoms with Crippen molar-refractivity contribution in [1.82, 2.24) is 9.13 Å². The topological polar surface area (TPSA) is 91.9 Å². The first kappa shape index (κ1) is 48.0. The second kappa shape index (κ2) is 20.7. The summed E-state index contributed by atoms with van der Waals surface area (Å²) in [6, 6.07) is 39.0. The molecule has 0 spiro atoms. The van der Waals surface area contributed by atoms with Gasteiger partial charge in [0.2, 0.25) is 0 Å². The molecule has 0 radical (unpaired) electrons. The van der Waals surface area contributed by atoms with Crippen LogP contribution < -0.4 is 9.47 Å². The molecule has 0 saturated carbocycles. The first-order valence-corrected chi connectivity index (χ1v) is 21.3. The second-order valence-electron chi connectivity index (χ2n) is 15.5. The molecule has 8 aromatic rings. The number of carboxylic acid groups (broad SMARTS) is 1. The number of nitrogens with zero attached hydrogens (tertiary/aromatic N) is 2. The Morgan fingerprint density at radius 3 is 1.43 bits per heavy atom. The van der Waals surface area contributed by atoms with E-state index >= 15 is 0 Å². The van der Waals surface area contributed by atoms with Crippen LogP contribution in [0.3, 0.4) is 0 Å². The number of halogens is 8. The first-order chi connectivity index (χ1) is 31.9. The molecule has 0 saturated heterocycles. The summed E-state index contributed by atoms with van der Waals surface area (Å²) >= 11 is 12.0. The monoisotopic (exact) mass is 960 g/mol. The number of ether oxygens (including phenoxy) is 3. The van der Waals surface area contributed by atoms with E-state index in [1.54, 1.807) is 48.5 Å². The standard InChI is InChI=1S/C26H21ClF3NO3.C25H19ClF3NO3/c1-33-25(32)23-14-21(27)7-6-19(23)11-17-5-8-24-20(12-17)9-10-31(24)15-18-3-2-4-22(13-18)34-16-26(28,29)30;26-20-6-5-18(22(13-20)24(31)32)10-16-4-7-23-19(11-16)8-9-30(23)14-17-2-1-3-21(12-17)33-15-25(27,28)29/h2-10,12-14H,11,15-16H2,1H3;1-9,11-13H,10,14-15H2,(H,31,32). The number of aromatic nitrogens is 2. The molecule has 0 aliphatic heterocycles. The zero-order valence-corrected chi connectivity index (χ0v) is 37.0. The van der Waals surface area contributed by atoms with Gasteiger partial charge in [-0.2, -0.15) is 26.3 Å². The van der Waals surface area contributed by atoms with Gasteiger partial charge in [0.05, 0.1) is 18.2 Å². The molecule has 0 unspecified atom stereocenters. The highest BCUT2D eigenvalue weighted by atomic mass is 35.5. The number of aromatic carboxylic acids is 1. The zero-order chi connectivity index (χ0) is 47.9. The third-order valence-corrected chi connectivity index (χ3v) is 11.0. The van der Waals surface area contributed by atoms with Crippen LogP contribution in [0.5, 0.6) is 11.5 Å². The lowest BCUT2D eigenvalue weighted by molar-refractivity contribution is -0.154. The molecule has 2 heterocycles. The molecule has 8 rings (SSSR count). The van der Waals surface area contributed by atoms with Gasteiger partial charge < -0.3 is 28.5 Å². The van der Waals surface area contributed by atoms with Gasteiger partial charge in [0.15, 0.2) is 13.2 Å². The Labute approximate surface area is 390 Å². The smallest absolute Gasteiger partial charge is 0.422 e. The molecule has 0 amide bonds. The van der Waals surface area contributed by atoms with E-state index in [1.807, 2.05) is 88.3 Å². The van der Waals surface area contributed by atoms with Crippen LogP contribution in [-0.2, 0) is 30.7 Å². The summed E-state index contributed by atoms with van der Waals surface area (Å²) < 4.78 is 93.1. The zero-order valence-electron chi connectivity index (χ0n) is 35.5. The Morgan fingerprint density at radius 1 is 0.552 bits per heavy atom. The molecule has 0 bridgehead atoms. The second-order valence-corrected chi connectivity index (χ2v) is 16.4. The van der Waals surface area contributed by atoms with Gasteiger partial charge in [0, 0.05) is 46.6 Å². The van der Waals surface area contributed by atoms with Gasteiger partial charge >= 0.3 is 24.3 Å². The van der Waals surface area contributed by atoms with Gasteiger partial charge in [-0.3, -0.25) is 0 Å². The highest BCUT2D eigenvalue weighted by molar-refractivity contribution is 6.31. The van der Waals surface area contributed by atoms with Crippen LogP contribution in [0.1, 0.15) is 54.1 Å². The maximum Gasteiger partial charge on any atom is 0.422 e. The average Bonchev–Trinajstić information content (AvgIpc) is 3.88. The third-order valence-electron chi connectivity index (χ3n) is 10.5. The normalized spacial score (nSPS) is 11.6. The minimum atomic E-state index is -4.39. The molecule has 0 atom stereocenters. The summed E-state index contributed by atoms with van der Waals surface area (Å²) in [5.41, 5.74) is 7.62. The lowest BCUT2D eigenvalue weighted by Gasteiger charge is -2.12. The number of carboxylic acids is 1. The van der Waals surface area contributed by atoms with E-state index in [-0.39, 0.29) is 17.1 Å². The van der Waals surface area contributed by atoms with Gasteiger partial charge in [-0.05, 0) is 142 Å². The van der Waals surface area contributed by atoms with Gasteiger partial charge in [-0.15, -0.1) is 0 Å². The summed E-state index contributed by atoms with van der Waals surface area (Å²) in [6.45, 7) is -1.71. The summed E-state index contributed by atoms with van der Waals surface area (Å²) in [5, 5.41) is 12.3. The average molecular weight is 962 g/mol. The number of hydrogen-bond acceptors (Lipinski definition) is 5. The van der Waals surface area contributed by atoms with Crippen molar-refractivity contribution in [2.45, 2.75) is 38.3 Å². The van der Waals surface area contributed by atoms with Crippen LogP contribution in [0.15, 0.2) is 146 Å². The van der Waals surface area contributed by atoms with Crippen molar-refractivity contribution in [3.63, 3.8) is 0 Å². The number of alkyl halides is 6. The molecule has 6 aromatic carbocycles. The maximum absolute atomic E-state index is 12.4. The highest BCUT2D eigenvalue weighted by Gasteiger charge is 2.29. The number of esters is 1. The van der Waals surface area contributed by atoms with E-state index in [4.69, 9.17) is 37.4 Å². The van der Waals surface area contributed by atoms with Crippen molar-refractivity contribution in [3.05, 3.63) is 200 Å². The van der Waals surface area contributed by atoms with E-state index < -0.39 is 37.5 Å². The van der Waals surface area contributed by atoms with E-state index in [0.29, 0.717) is 47.1 Å². The van der Waals surface area contributed by atoms with Crippen LogP contribution in [-0.4, -0.2) is 58.9 Å². The number of methoxy groups -OCH3 is 1. The molecule has 0 fully saturated rings. The van der Waals surface area contributed by atoms with Gasteiger partial charge in [-0.25, -0.2) is 9.59 Å². The minimum absolute atomic E-state index is 0.167. The fourth-order valence-electron chi connectivity index (χ4n) is 7.53. The van der Waals surface area contributed by atoms with Crippen molar-refractivity contribution >= 4 is 56.9 Å². The Kier molecular flexibility index (Phi) is 14.9. The Hall–Kier alpha value is -6.90. The predicted molar refractivity (Wildman–Crippen MR) is 245 cm³/mol. The highest BCUT2D eigenvalue weighted by Crippen LogP contribution is 2.28. The Bertz CT molecular complexity index is 3050. The van der Waals surface area contributed by atoms with Gasteiger partial charge in [-0.1, -0.05) is 71.7 Å². The lowest BCUT2D eigenvalue weighted by atomic mass is 9.99. The van der Waals surface area contributed by atoms with E-state index in [1.165, 1.54) is 25.3 Å². The third kappa shape index (κ3) is 13.1. The fraction of sp³-hybridized carbons (Fsp3) is 0.176. The first-order valence-electron chi connectivity index (χ1n) is 20.5. The number of carbonyl (C=O) groups is 2. The van der Waals surface area contributed by atoms with E-state index in [2.05, 4.69) is 0 Å². The maximum atomic E-state index is 12.4. The van der Waals surface area contributed by atoms with Crippen LogP contribution in [0.4, 0.5) is 26.3 Å². The predicted octanol–water partition coefficient (Wildman–Crippen LogP) is 13.2. The molecule has 16 heteroatoms. The molecule has 2 aromatic heterocycles. The van der Waals surface area contributed by atoms with E-state index in [9.17, 15) is 41.0 Å². The van der Waals surface area contributed by atoms with Crippen LogP contribution in [0, 0.1) is 0 Å². The molecule has 8 nitrogen and oxygen atoms in total.